The third-order valence-electron chi connectivity index (χ3n) is 11.4. The third-order valence-corrected chi connectivity index (χ3v) is 11.4. The van der Waals surface area contributed by atoms with Crippen LogP contribution in [0.5, 0.6) is 0 Å². The molecule has 174 valence electrons. The molecule has 8 saturated carbocycles. The van der Waals surface area contributed by atoms with Crippen LogP contribution in [0.15, 0.2) is 30.3 Å². The highest BCUT2D eigenvalue weighted by atomic mass is 15.1. The maximum atomic E-state index is 4.68. The van der Waals surface area contributed by atoms with Crippen molar-refractivity contribution in [1.29, 1.82) is 0 Å². The monoisotopic (exact) mass is 431 g/mol. The van der Waals surface area contributed by atoms with Crippen LogP contribution in [0.1, 0.15) is 115 Å². The Bertz CT molecular complexity index is 823. The molecule has 8 bridgehead atoms. The molecule has 4 unspecified atom stereocenters. The number of hydrogen-bond acceptors (Lipinski definition) is 1. The zero-order chi connectivity index (χ0) is 21.4. The van der Waals surface area contributed by atoms with Crippen LogP contribution >= 0.6 is 0 Å². The Kier molecular flexibility index (Phi) is 4.56. The Morgan fingerprint density at radius 2 is 1.41 bits per heavy atom. The molecule has 8 aliphatic carbocycles. The van der Waals surface area contributed by atoms with Crippen LogP contribution in [0, 0.1) is 29.1 Å². The Morgan fingerprint density at radius 1 is 0.719 bits per heavy atom. The first kappa shape index (κ1) is 20.5. The van der Waals surface area contributed by atoms with Gasteiger partial charge in [0.15, 0.2) is 0 Å². The van der Waals surface area contributed by atoms with Crippen molar-refractivity contribution in [3.63, 3.8) is 0 Å². The molecule has 32 heavy (non-hydrogen) atoms. The number of benzene rings is 1. The van der Waals surface area contributed by atoms with Crippen molar-refractivity contribution in [2.24, 2.45) is 29.1 Å². The summed E-state index contributed by atoms with van der Waals surface area (Å²) in [5.74, 6) is 4.09. The van der Waals surface area contributed by atoms with E-state index in [1.165, 1.54) is 83.5 Å². The van der Waals surface area contributed by atoms with Gasteiger partial charge in [-0.2, -0.15) is 0 Å². The van der Waals surface area contributed by atoms with E-state index in [4.69, 9.17) is 0 Å². The summed E-state index contributed by atoms with van der Waals surface area (Å²) < 4.78 is 0. The van der Waals surface area contributed by atoms with E-state index in [0.29, 0.717) is 21.9 Å². The van der Waals surface area contributed by atoms with Crippen molar-refractivity contribution in [2.45, 2.75) is 126 Å². The summed E-state index contributed by atoms with van der Waals surface area (Å²) in [6.45, 7) is 2.38. The molecule has 1 N–H and O–H groups in total. The Hall–Kier alpha value is -0.820. The van der Waals surface area contributed by atoms with E-state index in [1.807, 2.05) is 0 Å². The van der Waals surface area contributed by atoms with Gasteiger partial charge < -0.3 is 5.32 Å². The predicted molar refractivity (Wildman–Crippen MR) is 133 cm³/mol. The van der Waals surface area contributed by atoms with Crippen LogP contribution in [0.3, 0.4) is 0 Å². The molecule has 0 saturated heterocycles. The Morgan fingerprint density at radius 3 is 2.09 bits per heavy atom. The lowest BCUT2D eigenvalue weighted by Crippen LogP contribution is -2.72. The minimum atomic E-state index is 0.424. The SMILES string of the molecule is CCCCCC12CC3CC(NC45CC6CC(CC(C6)C4)C5)(C1)CC(c1ccccc1)(C3)C2. The number of unbranched alkanes of at least 4 members (excludes halogenated alkanes) is 2. The first-order chi connectivity index (χ1) is 15.5. The smallest absolute Gasteiger partial charge is 0.0203 e. The van der Waals surface area contributed by atoms with Crippen LogP contribution < -0.4 is 5.32 Å². The fourth-order valence-corrected chi connectivity index (χ4v) is 11.7. The first-order valence-corrected chi connectivity index (χ1v) is 14.4. The maximum Gasteiger partial charge on any atom is 0.0203 e. The normalized spacial score (nSPS) is 50.3. The molecule has 1 aromatic carbocycles. The highest BCUT2D eigenvalue weighted by Crippen LogP contribution is 2.69. The lowest BCUT2D eigenvalue weighted by atomic mass is 9.39. The number of rotatable bonds is 7. The summed E-state index contributed by atoms with van der Waals surface area (Å²) in [6, 6.07) is 11.8. The summed E-state index contributed by atoms with van der Waals surface area (Å²) in [4.78, 5) is 0. The summed E-state index contributed by atoms with van der Waals surface area (Å²) in [5.41, 5.74) is 3.67. The van der Waals surface area contributed by atoms with E-state index < -0.39 is 0 Å². The van der Waals surface area contributed by atoms with E-state index in [1.54, 1.807) is 24.8 Å². The molecular formula is C31H45N. The molecule has 0 heterocycles. The van der Waals surface area contributed by atoms with E-state index in [0.717, 1.165) is 23.7 Å². The second kappa shape index (κ2) is 7.10. The van der Waals surface area contributed by atoms with E-state index >= 15 is 0 Å². The van der Waals surface area contributed by atoms with Crippen molar-refractivity contribution in [3.05, 3.63) is 35.9 Å². The Balaban J connectivity index is 1.25. The minimum absolute atomic E-state index is 0.424. The fraction of sp³-hybridized carbons (Fsp3) is 0.806. The molecule has 1 nitrogen and oxygen atoms in total. The molecular weight excluding hydrogens is 386 g/mol. The lowest BCUT2D eigenvalue weighted by Gasteiger charge is -2.70. The molecule has 0 aliphatic heterocycles. The Labute approximate surface area is 196 Å². The molecule has 8 fully saturated rings. The van der Waals surface area contributed by atoms with Crippen LogP contribution in [0.2, 0.25) is 0 Å². The van der Waals surface area contributed by atoms with Crippen molar-refractivity contribution in [1.82, 2.24) is 5.32 Å². The summed E-state index contributed by atoms with van der Waals surface area (Å²) >= 11 is 0. The van der Waals surface area contributed by atoms with Gasteiger partial charge in [-0.25, -0.2) is 0 Å². The summed E-state index contributed by atoms with van der Waals surface area (Å²) in [6.07, 6.45) is 23.8. The zero-order valence-corrected chi connectivity index (χ0v) is 20.5. The number of hydrogen-bond donors (Lipinski definition) is 1. The van der Waals surface area contributed by atoms with Gasteiger partial charge in [0.2, 0.25) is 0 Å². The standard InChI is InChI=1S/C31H45N/c1-2-3-7-10-28-14-26-15-29(20-28,27-8-5-4-6-9-27)22-31(19-26,21-28)32-30-16-23-11-24(17-30)13-25(12-23)18-30/h4-6,8-9,23-26,32H,2-3,7,10-22H2,1H3. The average Bonchev–Trinajstić information content (AvgIpc) is 2.72. The van der Waals surface area contributed by atoms with E-state index in [-0.39, 0.29) is 0 Å². The van der Waals surface area contributed by atoms with Gasteiger partial charge in [0, 0.05) is 11.1 Å². The molecule has 0 spiro atoms. The second-order valence-corrected chi connectivity index (χ2v) is 14.2. The highest BCUT2D eigenvalue weighted by Gasteiger charge is 2.65. The molecule has 8 aliphatic rings. The summed E-state index contributed by atoms with van der Waals surface area (Å²) in [5, 5.41) is 4.68. The first-order valence-electron chi connectivity index (χ1n) is 14.4. The van der Waals surface area contributed by atoms with Gasteiger partial charge >= 0.3 is 0 Å². The average molecular weight is 432 g/mol. The molecule has 9 rings (SSSR count). The van der Waals surface area contributed by atoms with Crippen LogP contribution in [-0.4, -0.2) is 11.1 Å². The van der Waals surface area contributed by atoms with Gasteiger partial charge in [-0.15, -0.1) is 0 Å². The van der Waals surface area contributed by atoms with Crippen LogP contribution in [-0.2, 0) is 5.41 Å². The van der Waals surface area contributed by atoms with Crippen molar-refractivity contribution < 1.29 is 0 Å². The molecule has 0 radical (unpaired) electrons. The van der Waals surface area contributed by atoms with Crippen molar-refractivity contribution >= 4 is 0 Å². The molecule has 1 aromatic rings. The predicted octanol–water partition coefficient (Wildman–Crippen LogP) is 7.79. The van der Waals surface area contributed by atoms with Crippen molar-refractivity contribution in [3.8, 4) is 0 Å². The van der Waals surface area contributed by atoms with Gasteiger partial charge in [0.05, 0.1) is 0 Å². The fourth-order valence-electron chi connectivity index (χ4n) is 11.7. The van der Waals surface area contributed by atoms with E-state index in [9.17, 15) is 0 Å². The van der Waals surface area contributed by atoms with E-state index in [2.05, 4.69) is 42.6 Å². The van der Waals surface area contributed by atoms with Crippen LogP contribution in [0.25, 0.3) is 0 Å². The van der Waals surface area contributed by atoms with Crippen LogP contribution in [0.4, 0.5) is 0 Å². The summed E-state index contributed by atoms with van der Waals surface area (Å²) in [7, 11) is 0. The topological polar surface area (TPSA) is 12.0 Å². The lowest BCUT2D eigenvalue weighted by molar-refractivity contribution is -0.129. The molecule has 4 atom stereocenters. The minimum Gasteiger partial charge on any atom is -0.306 e. The zero-order valence-electron chi connectivity index (χ0n) is 20.5. The maximum absolute atomic E-state index is 4.68. The van der Waals surface area contributed by atoms with Crippen molar-refractivity contribution in [2.75, 3.05) is 0 Å². The largest absolute Gasteiger partial charge is 0.306 e. The number of nitrogens with one attached hydrogen (secondary N) is 1. The molecule has 0 aromatic heterocycles. The third kappa shape index (κ3) is 3.19. The highest BCUT2D eigenvalue weighted by molar-refractivity contribution is 5.33. The van der Waals surface area contributed by atoms with Gasteiger partial charge in [-0.1, -0.05) is 56.5 Å². The molecule has 0 amide bonds. The van der Waals surface area contributed by atoms with Gasteiger partial charge in [-0.05, 0) is 124 Å². The second-order valence-electron chi connectivity index (χ2n) is 14.2. The quantitative estimate of drug-likeness (QED) is 0.434. The van der Waals surface area contributed by atoms with Gasteiger partial charge in [-0.3, -0.25) is 0 Å². The van der Waals surface area contributed by atoms with Gasteiger partial charge in [0.1, 0.15) is 0 Å². The van der Waals surface area contributed by atoms with Gasteiger partial charge in [0.25, 0.3) is 0 Å². The molecule has 1 heteroatoms.